The summed E-state index contributed by atoms with van der Waals surface area (Å²) in [5, 5.41) is 8.30. The van der Waals surface area contributed by atoms with Gasteiger partial charge >= 0.3 is 0 Å². The summed E-state index contributed by atoms with van der Waals surface area (Å²) in [6, 6.07) is 0.498. The van der Waals surface area contributed by atoms with Gasteiger partial charge in [-0.2, -0.15) is 5.10 Å². The SMILES string of the molecule is CCc1nn(CC)c(CC(NC)C2C(C)(C)C2(C)C)c1Br. The molecule has 1 heterocycles. The number of halogens is 1. The van der Waals surface area contributed by atoms with Gasteiger partial charge in [0.05, 0.1) is 15.9 Å². The van der Waals surface area contributed by atoms with Crippen LogP contribution in [0, 0.1) is 16.7 Å². The number of hydrogen-bond donors (Lipinski definition) is 1. The third-order valence-corrected chi connectivity index (χ3v) is 6.93. The Kier molecular flexibility index (Phi) is 4.61. The van der Waals surface area contributed by atoms with Crippen molar-refractivity contribution < 1.29 is 0 Å². The number of likely N-dealkylation sites (N-methyl/N-ethyl adjacent to an activating group) is 1. The summed E-state index contributed by atoms with van der Waals surface area (Å²) in [4.78, 5) is 0. The van der Waals surface area contributed by atoms with E-state index >= 15 is 0 Å². The molecule has 1 aliphatic rings. The molecule has 0 aromatic carbocycles. The van der Waals surface area contributed by atoms with Crippen LogP contribution in [0.4, 0.5) is 0 Å². The molecule has 21 heavy (non-hydrogen) atoms. The number of aryl methyl sites for hydroxylation is 2. The van der Waals surface area contributed by atoms with Crippen LogP contribution in [0.3, 0.4) is 0 Å². The van der Waals surface area contributed by atoms with Gasteiger partial charge in [0.2, 0.25) is 0 Å². The summed E-state index contributed by atoms with van der Waals surface area (Å²) in [5.74, 6) is 0.701. The lowest BCUT2D eigenvalue weighted by molar-refractivity contribution is 0.409. The van der Waals surface area contributed by atoms with Crippen LogP contribution in [0.5, 0.6) is 0 Å². The Labute approximate surface area is 138 Å². The van der Waals surface area contributed by atoms with Gasteiger partial charge in [-0.3, -0.25) is 4.68 Å². The molecule has 1 saturated carbocycles. The monoisotopic (exact) mass is 355 g/mol. The molecule has 0 amide bonds. The number of hydrogen-bond acceptors (Lipinski definition) is 2. The lowest BCUT2D eigenvalue weighted by Gasteiger charge is -2.19. The van der Waals surface area contributed by atoms with E-state index in [1.54, 1.807) is 0 Å². The van der Waals surface area contributed by atoms with E-state index in [1.807, 2.05) is 0 Å². The smallest absolute Gasteiger partial charge is 0.0766 e. The second kappa shape index (κ2) is 5.69. The van der Waals surface area contributed by atoms with Crippen molar-refractivity contribution in [1.82, 2.24) is 15.1 Å². The minimum absolute atomic E-state index is 0.401. The van der Waals surface area contributed by atoms with E-state index < -0.39 is 0 Å². The number of nitrogens with zero attached hydrogens (tertiary/aromatic N) is 2. The summed E-state index contributed by atoms with van der Waals surface area (Å²) >= 11 is 3.78. The van der Waals surface area contributed by atoms with Gasteiger partial charge in [-0.05, 0) is 53.1 Å². The summed E-state index contributed by atoms with van der Waals surface area (Å²) in [6.07, 6.45) is 2.01. The van der Waals surface area contributed by atoms with E-state index in [2.05, 4.69) is 74.5 Å². The second-order valence-corrected chi connectivity index (χ2v) is 8.19. The van der Waals surface area contributed by atoms with Crippen LogP contribution in [0.2, 0.25) is 0 Å². The van der Waals surface area contributed by atoms with Crippen molar-refractivity contribution in [3.05, 3.63) is 15.9 Å². The van der Waals surface area contributed by atoms with E-state index in [1.165, 1.54) is 15.9 Å². The van der Waals surface area contributed by atoms with Gasteiger partial charge in [0.1, 0.15) is 0 Å². The highest BCUT2D eigenvalue weighted by Gasteiger charge is 2.66. The van der Waals surface area contributed by atoms with Crippen molar-refractivity contribution in [2.75, 3.05) is 7.05 Å². The highest BCUT2D eigenvalue weighted by molar-refractivity contribution is 9.10. The van der Waals surface area contributed by atoms with E-state index in [0.29, 0.717) is 22.8 Å². The standard InChI is InChI=1S/C17H30BrN3/c1-8-11-14(18)13(21(9-2)20-11)10-12(19-7)15-16(3,4)17(15,5)6/h12,15,19H,8-10H2,1-7H3. The summed E-state index contributed by atoms with van der Waals surface area (Å²) in [5.41, 5.74) is 3.32. The van der Waals surface area contributed by atoms with Crippen LogP contribution in [0.1, 0.15) is 52.9 Å². The normalized spacial score (nSPS) is 21.5. The average Bonchev–Trinajstić information content (AvgIpc) is 2.69. The molecule has 0 saturated heterocycles. The summed E-state index contributed by atoms with van der Waals surface area (Å²) in [6.45, 7) is 14.8. The second-order valence-electron chi connectivity index (χ2n) is 7.40. The average molecular weight is 356 g/mol. The topological polar surface area (TPSA) is 29.9 Å². The molecule has 2 rings (SSSR count). The molecule has 1 aromatic rings. The van der Waals surface area contributed by atoms with Gasteiger partial charge in [0, 0.05) is 19.0 Å². The quantitative estimate of drug-likeness (QED) is 0.834. The van der Waals surface area contributed by atoms with Gasteiger partial charge < -0.3 is 5.32 Å². The van der Waals surface area contributed by atoms with Crippen molar-refractivity contribution >= 4 is 15.9 Å². The molecule has 1 unspecified atom stereocenters. The molecule has 4 heteroatoms. The van der Waals surface area contributed by atoms with Crippen LogP contribution in [-0.2, 0) is 19.4 Å². The number of aromatic nitrogens is 2. The molecule has 0 aliphatic heterocycles. The molecule has 120 valence electrons. The van der Waals surface area contributed by atoms with Crippen molar-refractivity contribution in [2.24, 2.45) is 16.7 Å². The first-order valence-corrected chi connectivity index (χ1v) is 8.92. The lowest BCUT2D eigenvalue weighted by atomic mass is 9.99. The van der Waals surface area contributed by atoms with Gasteiger partial charge in [-0.15, -0.1) is 0 Å². The highest BCUT2D eigenvalue weighted by Crippen LogP contribution is 2.69. The van der Waals surface area contributed by atoms with Crippen LogP contribution in [-0.4, -0.2) is 22.9 Å². The van der Waals surface area contributed by atoms with Crippen LogP contribution in [0.25, 0.3) is 0 Å². The van der Waals surface area contributed by atoms with E-state index in [9.17, 15) is 0 Å². The van der Waals surface area contributed by atoms with Crippen molar-refractivity contribution in [3.63, 3.8) is 0 Å². The minimum atomic E-state index is 0.401. The molecule has 0 spiro atoms. The van der Waals surface area contributed by atoms with E-state index in [-0.39, 0.29) is 0 Å². The Morgan fingerprint density at radius 1 is 1.24 bits per heavy atom. The molecule has 0 bridgehead atoms. The first-order chi connectivity index (χ1) is 9.72. The Balaban J connectivity index is 2.27. The molecular weight excluding hydrogens is 326 g/mol. The fourth-order valence-corrected chi connectivity index (χ4v) is 4.79. The van der Waals surface area contributed by atoms with Crippen LogP contribution in [0.15, 0.2) is 4.47 Å². The zero-order valence-corrected chi connectivity index (χ0v) is 16.1. The zero-order chi connectivity index (χ0) is 16.0. The molecule has 1 aromatic heterocycles. The minimum Gasteiger partial charge on any atom is -0.316 e. The Bertz CT molecular complexity index is 502. The zero-order valence-electron chi connectivity index (χ0n) is 14.5. The van der Waals surface area contributed by atoms with Crippen LogP contribution >= 0.6 is 15.9 Å². The third-order valence-electron chi connectivity index (χ3n) is 6.01. The Hall–Kier alpha value is -0.350. The first kappa shape index (κ1) is 17.0. The predicted molar refractivity (Wildman–Crippen MR) is 92.6 cm³/mol. The van der Waals surface area contributed by atoms with Crippen molar-refractivity contribution in [1.29, 1.82) is 0 Å². The molecule has 0 radical (unpaired) electrons. The Morgan fingerprint density at radius 3 is 2.19 bits per heavy atom. The van der Waals surface area contributed by atoms with Crippen LogP contribution < -0.4 is 5.32 Å². The molecule has 1 atom stereocenters. The molecule has 1 aliphatic carbocycles. The predicted octanol–water partition coefficient (Wildman–Crippen LogP) is 4.04. The Morgan fingerprint density at radius 2 is 1.81 bits per heavy atom. The van der Waals surface area contributed by atoms with Gasteiger partial charge in [-0.1, -0.05) is 34.6 Å². The molecule has 1 fully saturated rings. The van der Waals surface area contributed by atoms with Gasteiger partial charge in [0.25, 0.3) is 0 Å². The third kappa shape index (κ3) is 2.59. The van der Waals surface area contributed by atoms with Crippen molar-refractivity contribution in [3.8, 4) is 0 Å². The molecule has 1 N–H and O–H groups in total. The number of nitrogens with one attached hydrogen (secondary N) is 1. The molecular formula is C17H30BrN3. The van der Waals surface area contributed by atoms with Gasteiger partial charge in [0.15, 0.2) is 0 Å². The van der Waals surface area contributed by atoms with Gasteiger partial charge in [-0.25, -0.2) is 0 Å². The maximum absolute atomic E-state index is 4.73. The highest BCUT2D eigenvalue weighted by atomic mass is 79.9. The maximum Gasteiger partial charge on any atom is 0.0766 e. The van der Waals surface area contributed by atoms with E-state index in [0.717, 1.165) is 19.4 Å². The maximum atomic E-state index is 4.73. The van der Waals surface area contributed by atoms with Crippen molar-refractivity contribution in [2.45, 2.75) is 67.0 Å². The largest absolute Gasteiger partial charge is 0.316 e. The number of rotatable bonds is 6. The fraction of sp³-hybridized carbons (Fsp3) is 0.824. The van der Waals surface area contributed by atoms with E-state index in [4.69, 9.17) is 5.10 Å². The lowest BCUT2D eigenvalue weighted by Crippen LogP contribution is -2.33. The first-order valence-electron chi connectivity index (χ1n) is 8.13. The summed E-state index contributed by atoms with van der Waals surface area (Å²) in [7, 11) is 2.09. The fourth-order valence-electron chi connectivity index (χ4n) is 4.06. The summed E-state index contributed by atoms with van der Waals surface area (Å²) < 4.78 is 3.37. The molecule has 3 nitrogen and oxygen atoms in total.